The summed E-state index contributed by atoms with van der Waals surface area (Å²) in [5.74, 6) is 2.51. The second-order valence-corrected chi connectivity index (χ2v) is 8.38. The summed E-state index contributed by atoms with van der Waals surface area (Å²) in [4.78, 5) is 15.2. The molecule has 0 radical (unpaired) electrons. The summed E-state index contributed by atoms with van der Waals surface area (Å²) in [6.07, 6.45) is 2.51. The maximum atomic E-state index is 13.3. The molecular weight excluding hydrogens is 394 g/mol. The first-order valence-corrected chi connectivity index (χ1v) is 10.8. The van der Waals surface area contributed by atoms with Gasteiger partial charge in [0.15, 0.2) is 5.69 Å². The zero-order valence-electron chi connectivity index (χ0n) is 18.6. The number of piperidine rings is 1. The molecule has 0 aliphatic carbocycles. The van der Waals surface area contributed by atoms with E-state index in [2.05, 4.69) is 10.3 Å². The molecule has 3 aromatic rings. The fourth-order valence-corrected chi connectivity index (χ4v) is 4.16. The highest BCUT2D eigenvalue weighted by Gasteiger charge is 2.30. The number of carbonyl (C=O) groups is 1. The average molecular weight is 424 g/mol. The third kappa shape index (κ3) is 4.50. The Labute approximate surface area is 182 Å². The molecular formula is C24H29N3O4. The quantitative estimate of drug-likeness (QED) is 0.584. The van der Waals surface area contributed by atoms with Crippen LogP contribution in [-0.4, -0.2) is 40.8 Å². The molecule has 3 heterocycles. The molecule has 1 aromatic carbocycles. The van der Waals surface area contributed by atoms with Gasteiger partial charge in [0.1, 0.15) is 17.3 Å². The van der Waals surface area contributed by atoms with E-state index in [4.69, 9.17) is 13.8 Å². The van der Waals surface area contributed by atoms with Crippen molar-refractivity contribution in [1.29, 1.82) is 0 Å². The Morgan fingerprint density at radius 3 is 2.58 bits per heavy atom. The van der Waals surface area contributed by atoms with Crippen LogP contribution in [0.1, 0.15) is 57.2 Å². The van der Waals surface area contributed by atoms with Gasteiger partial charge in [0, 0.05) is 36.6 Å². The van der Waals surface area contributed by atoms with Crippen molar-refractivity contribution in [2.45, 2.75) is 47.0 Å². The molecule has 7 nitrogen and oxygen atoms in total. The lowest BCUT2D eigenvalue weighted by Gasteiger charge is -2.32. The molecule has 4 rings (SSSR count). The van der Waals surface area contributed by atoms with Gasteiger partial charge in [-0.15, -0.1) is 0 Å². The van der Waals surface area contributed by atoms with Crippen molar-refractivity contribution in [2.75, 3.05) is 19.7 Å². The van der Waals surface area contributed by atoms with Crippen molar-refractivity contribution < 1.29 is 18.6 Å². The molecule has 164 valence electrons. The lowest BCUT2D eigenvalue weighted by Crippen LogP contribution is -2.42. The molecule has 1 aliphatic rings. The first-order chi connectivity index (χ1) is 14.9. The van der Waals surface area contributed by atoms with Crippen LogP contribution in [0.4, 0.5) is 0 Å². The van der Waals surface area contributed by atoms with Gasteiger partial charge in [0.25, 0.3) is 5.91 Å². The zero-order chi connectivity index (χ0) is 22.0. The maximum absolute atomic E-state index is 13.3. The molecule has 2 aromatic heterocycles. The molecule has 0 N–H and O–H groups in total. The number of para-hydroxylation sites is 1. The van der Waals surface area contributed by atoms with Gasteiger partial charge in [-0.3, -0.25) is 4.79 Å². The molecule has 0 bridgehead atoms. The van der Waals surface area contributed by atoms with Gasteiger partial charge in [0.2, 0.25) is 0 Å². The van der Waals surface area contributed by atoms with E-state index in [1.807, 2.05) is 56.9 Å². The molecule has 1 fully saturated rings. The maximum Gasteiger partial charge on any atom is 0.276 e. The number of benzene rings is 1. The molecule has 7 heteroatoms. The molecule has 1 atom stereocenters. The molecule has 1 amide bonds. The third-order valence-electron chi connectivity index (χ3n) is 6.10. The summed E-state index contributed by atoms with van der Waals surface area (Å²) in [7, 11) is 0. The number of nitrogens with zero attached hydrogens (tertiary/aromatic N) is 3. The van der Waals surface area contributed by atoms with Crippen molar-refractivity contribution in [3.05, 3.63) is 63.9 Å². The Morgan fingerprint density at radius 2 is 1.84 bits per heavy atom. The minimum atomic E-state index is -0.0841. The van der Waals surface area contributed by atoms with E-state index in [9.17, 15) is 4.79 Å². The first-order valence-electron chi connectivity index (χ1n) is 10.8. The molecule has 1 aliphatic heterocycles. The largest absolute Gasteiger partial charge is 0.493 e. The van der Waals surface area contributed by atoms with Crippen LogP contribution in [0.2, 0.25) is 0 Å². The normalized spacial score (nSPS) is 16.5. The fraction of sp³-hybridized carbons (Fsp3) is 0.458. The minimum absolute atomic E-state index is 0.0841. The zero-order valence-corrected chi connectivity index (χ0v) is 18.6. The van der Waals surface area contributed by atoms with E-state index in [1.54, 1.807) is 0 Å². The van der Waals surface area contributed by atoms with Crippen LogP contribution in [-0.2, 0) is 6.42 Å². The summed E-state index contributed by atoms with van der Waals surface area (Å²) >= 11 is 0. The summed E-state index contributed by atoms with van der Waals surface area (Å²) < 4.78 is 16.7. The van der Waals surface area contributed by atoms with Gasteiger partial charge in [-0.05, 0) is 52.2 Å². The predicted molar refractivity (Wildman–Crippen MR) is 115 cm³/mol. The summed E-state index contributed by atoms with van der Waals surface area (Å²) in [5, 5.41) is 8.13. The van der Waals surface area contributed by atoms with Crippen LogP contribution in [0.25, 0.3) is 0 Å². The predicted octanol–water partition coefficient (Wildman–Crippen LogP) is 4.42. The van der Waals surface area contributed by atoms with Crippen LogP contribution < -0.4 is 4.74 Å². The SMILES string of the molecule is Cc1ccccc1OCC1CCCN(C(=O)c2noc(C)c2Cc2c(C)noc2C)C1. The highest BCUT2D eigenvalue weighted by atomic mass is 16.5. The van der Waals surface area contributed by atoms with Crippen LogP contribution >= 0.6 is 0 Å². The number of hydrogen-bond donors (Lipinski definition) is 0. The average Bonchev–Trinajstić information content (AvgIpc) is 3.30. The van der Waals surface area contributed by atoms with E-state index in [1.165, 1.54) is 0 Å². The number of carbonyl (C=O) groups excluding carboxylic acids is 1. The summed E-state index contributed by atoms with van der Waals surface area (Å²) in [6.45, 7) is 9.63. The van der Waals surface area contributed by atoms with Gasteiger partial charge in [-0.2, -0.15) is 0 Å². The van der Waals surface area contributed by atoms with Crippen LogP contribution in [0.3, 0.4) is 0 Å². The van der Waals surface area contributed by atoms with Crippen molar-refractivity contribution in [3.63, 3.8) is 0 Å². The Bertz CT molecular complexity index is 1050. The highest BCUT2D eigenvalue weighted by molar-refractivity contribution is 5.94. The van der Waals surface area contributed by atoms with Gasteiger partial charge < -0.3 is 18.7 Å². The second kappa shape index (κ2) is 8.96. The van der Waals surface area contributed by atoms with Gasteiger partial charge in [-0.25, -0.2) is 0 Å². The first kappa shape index (κ1) is 21.2. The Morgan fingerprint density at radius 1 is 1.10 bits per heavy atom. The Kier molecular flexibility index (Phi) is 6.11. The number of rotatable bonds is 6. The van der Waals surface area contributed by atoms with Crippen molar-refractivity contribution in [1.82, 2.24) is 15.2 Å². The number of hydrogen-bond acceptors (Lipinski definition) is 6. The van der Waals surface area contributed by atoms with Gasteiger partial charge >= 0.3 is 0 Å². The number of aromatic nitrogens is 2. The Balaban J connectivity index is 1.45. The smallest absolute Gasteiger partial charge is 0.276 e. The number of amides is 1. The number of aryl methyl sites for hydroxylation is 4. The van der Waals surface area contributed by atoms with E-state index in [0.717, 1.165) is 53.3 Å². The standard InChI is InChI=1S/C24H29N3O4/c1-15-8-5-6-10-22(15)29-14-19-9-7-11-27(13-19)24(28)23-21(18(4)31-26-23)12-20-16(2)25-30-17(20)3/h5-6,8,10,19H,7,9,11-14H2,1-4H3. The van der Waals surface area contributed by atoms with E-state index < -0.39 is 0 Å². The van der Waals surface area contributed by atoms with Crippen molar-refractivity contribution in [3.8, 4) is 5.75 Å². The van der Waals surface area contributed by atoms with Crippen molar-refractivity contribution >= 4 is 5.91 Å². The second-order valence-electron chi connectivity index (χ2n) is 8.38. The molecule has 1 unspecified atom stereocenters. The van der Waals surface area contributed by atoms with Crippen molar-refractivity contribution in [2.24, 2.45) is 5.92 Å². The molecule has 1 saturated heterocycles. The third-order valence-corrected chi connectivity index (χ3v) is 6.10. The molecule has 0 spiro atoms. The summed E-state index contributed by atoms with van der Waals surface area (Å²) in [6, 6.07) is 8.01. The minimum Gasteiger partial charge on any atom is -0.493 e. The lowest BCUT2D eigenvalue weighted by atomic mass is 9.97. The number of ether oxygens (including phenoxy) is 1. The van der Waals surface area contributed by atoms with Gasteiger partial charge in [-0.1, -0.05) is 28.5 Å². The lowest BCUT2D eigenvalue weighted by molar-refractivity contribution is 0.0622. The van der Waals surface area contributed by atoms with E-state index in [-0.39, 0.29) is 11.8 Å². The van der Waals surface area contributed by atoms with E-state index in [0.29, 0.717) is 31.0 Å². The number of likely N-dealkylation sites (tertiary alicyclic amines) is 1. The van der Waals surface area contributed by atoms with Crippen LogP contribution in [0.15, 0.2) is 33.3 Å². The Hall–Kier alpha value is -3.09. The fourth-order valence-electron chi connectivity index (χ4n) is 4.16. The van der Waals surface area contributed by atoms with Crippen LogP contribution in [0.5, 0.6) is 5.75 Å². The highest BCUT2D eigenvalue weighted by Crippen LogP contribution is 2.26. The monoisotopic (exact) mass is 423 g/mol. The molecule has 0 saturated carbocycles. The molecule has 31 heavy (non-hydrogen) atoms. The van der Waals surface area contributed by atoms with Gasteiger partial charge in [0.05, 0.1) is 12.3 Å². The topological polar surface area (TPSA) is 81.6 Å². The summed E-state index contributed by atoms with van der Waals surface area (Å²) in [5.41, 5.74) is 4.11. The van der Waals surface area contributed by atoms with E-state index >= 15 is 0 Å². The van der Waals surface area contributed by atoms with Crippen LogP contribution in [0, 0.1) is 33.6 Å².